The SMILES string of the molecule is CCN1CC2(CCCN(c3nccnc3N3CCCC3)C2)CCC1=O. The number of hydrogen-bond donors (Lipinski definition) is 0. The van der Waals surface area contributed by atoms with E-state index in [1.165, 1.54) is 25.7 Å². The van der Waals surface area contributed by atoms with Crippen molar-refractivity contribution >= 4 is 17.5 Å². The van der Waals surface area contributed by atoms with Crippen molar-refractivity contribution in [2.24, 2.45) is 5.41 Å². The van der Waals surface area contributed by atoms with Crippen LogP contribution in [0, 0.1) is 5.41 Å². The largest absolute Gasteiger partial charge is 0.354 e. The Kier molecular flexibility index (Phi) is 4.52. The van der Waals surface area contributed by atoms with Gasteiger partial charge >= 0.3 is 0 Å². The quantitative estimate of drug-likeness (QED) is 0.843. The van der Waals surface area contributed by atoms with Gasteiger partial charge in [0.1, 0.15) is 0 Å². The molecule has 3 fully saturated rings. The average molecular weight is 343 g/mol. The number of nitrogens with zero attached hydrogens (tertiary/aromatic N) is 5. The van der Waals surface area contributed by atoms with Gasteiger partial charge in [-0.2, -0.15) is 0 Å². The molecule has 6 nitrogen and oxygen atoms in total. The molecule has 0 saturated carbocycles. The van der Waals surface area contributed by atoms with Gasteiger partial charge in [0.15, 0.2) is 11.6 Å². The summed E-state index contributed by atoms with van der Waals surface area (Å²) in [5, 5.41) is 0. The van der Waals surface area contributed by atoms with Crippen LogP contribution < -0.4 is 9.80 Å². The summed E-state index contributed by atoms with van der Waals surface area (Å²) >= 11 is 0. The second-order valence-corrected chi connectivity index (χ2v) is 7.83. The standard InChI is InChI=1S/C19H29N5O/c1-2-22-14-19(8-6-16(22)25)7-5-13-24(15-19)18-17(20-9-10-21-18)23-11-3-4-12-23/h9-10H,2-8,11-15H2,1H3. The van der Waals surface area contributed by atoms with Crippen molar-refractivity contribution < 1.29 is 4.79 Å². The Labute approximate surface area is 150 Å². The van der Waals surface area contributed by atoms with Crippen LogP contribution in [-0.2, 0) is 4.79 Å². The number of carbonyl (C=O) groups is 1. The zero-order valence-electron chi connectivity index (χ0n) is 15.3. The van der Waals surface area contributed by atoms with Gasteiger partial charge in [-0.15, -0.1) is 0 Å². The summed E-state index contributed by atoms with van der Waals surface area (Å²) in [6, 6.07) is 0. The molecule has 3 aliphatic heterocycles. The molecule has 4 heterocycles. The molecule has 136 valence electrons. The minimum atomic E-state index is 0.224. The van der Waals surface area contributed by atoms with E-state index in [1.807, 2.05) is 17.3 Å². The first-order valence-corrected chi connectivity index (χ1v) is 9.79. The van der Waals surface area contributed by atoms with E-state index < -0.39 is 0 Å². The summed E-state index contributed by atoms with van der Waals surface area (Å²) in [6.07, 6.45) is 10.2. The maximum Gasteiger partial charge on any atom is 0.222 e. The van der Waals surface area contributed by atoms with E-state index in [2.05, 4.69) is 21.7 Å². The number of anilines is 2. The molecule has 0 N–H and O–H groups in total. The number of rotatable bonds is 3. The summed E-state index contributed by atoms with van der Waals surface area (Å²) in [6.45, 7) is 8.03. The van der Waals surface area contributed by atoms with Crippen LogP contribution in [0.5, 0.6) is 0 Å². The van der Waals surface area contributed by atoms with E-state index in [-0.39, 0.29) is 5.41 Å². The number of carbonyl (C=O) groups excluding carboxylic acids is 1. The van der Waals surface area contributed by atoms with Crippen molar-refractivity contribution in [2.75, 3.05) is 49.1 Å². The average Bonchev–Trinajstić information content (AvgIpc) is 3.19. The van der Waals surface area contributed by atoms with Crippen molar-refractivity contribution in [1.29, 1.82) is 0 Å². The van der Waals surface area contributed by atoms with Crippen LogP contribution in [0.3, 0.4) is 0 Å². The molecule has 1 atom stereocenters. The lowest BCUT2D eigenvalue weighted by Crippen LogP contribution is -2.54. The first-order valence-electron chi connectivity index (χ1n) is 9.79. The molecule has 0 radical (unpaired) electrons. The van der Waals surface area contributed by atoms with Crippen molar-refractivity contribution in [1.82, 2.24) is 14.9 Å². The molecule has 3 saturated heterocycles. The minimum Gasteiger partial charge on any atom is -0.354 e. The molecule has 6 heteroatoms. The minimum absolute atomic E-state index is 0.224. The molecule has 0 aromatic carbocycles. The molecule has 1 spiro atoms. The van der Waals surface area contributed by atoms with E-state index >= 15 is 0 Å². The Morgan fingerprint density at radius 2 is 1.64 bits per heavy atom. The van der Waals surface area contributed by atoms with Gasteiger partial charge < -0.3 is 14.7 Å². The first-order chi connectivity index (χ1) is 12.2. The van der Waals surface area contributed by atoms with Crippen molar-refractivity contribution in [3.63, 3.8) is 0 Å². The molecule has 3 aliphatic rings. The molecular formula is C19H29N5O. The maximum atomic E-state index is 12.1. The van der Waals surface area contributed by atoms with Gasteiger partial charge in [0.05, 0.1) is 0 Å². The predicted octanol–water partition coefficient (Wildman–Crippen LogP) is 2.31. The highest BCUT2D eigenvalue weighted by Gasteiger charge is 2.42. The van der Waals surface area contributed by atoms with Crippen LogP contribution in [0.15, 0.2) is 12.4 Å². The third-order valence-corrected chi connectivity index (χ3v) is 6.16. The summed E-state index contributed by atoms with van der Waals surface area (Å²) in [4.78, 5) is 28.4. The number of likely N-dealkylation sites (tertiary alicyclic amines) is 1. The topological polar surface area (TPSA) is 52.6 Å². The fourth-order valence-electron chi connectivity index (χ4n) is 4.81. The Morgan fingerprint density at radius 1 is 0.960 bits per heavy atom. The lowest BCUT2D eigenvalue weighted by molar-refractivity contribution is -0.137. The van der Waals surface area contributed by atoms with Crippen LogP contribution >= 0.6 is 0 Å². The monoisotopic (exact) mass is 343 g/mol. The van der Waals surface area contributed by atoms with Crippen LogP contribution in [0.2, 0.25) is 0 Å². The smallest absolute Gasteiger partial charge is 0.222 e. The van der Waals surface area contributed by atoms with E-state index in [4.69, 9.17) is 4.98 Å². The van der Waals surface area contributed by atoms with Crippen LogP contribution in [0.1, 0.15) is 45.4 Å². The number of hydrogen-bond acceptors (Lipinski definition) is 5. The number of aromatic nitrogens is 2. The van der Waals surface area contributed by atoms with Gasteiger partial charge in [0.25, 0.3) is 0 Å². The van der Waals surface area contributed by atoms with E-state index in [0.717, 1.165) is 57.3 Å². The molecule has 0 aliphatic carbocycles. The molecular weight excluding hydrogens is 314 g/mol. The first kappa shape index (κ1) is 16.6. The predicted molar refractivity (Wildman–Crippen MR) is 98.8 cm³/mol. The van der Waals surface area contributed by atoms with Crippen LogP contribution in [0.4, 0.5) is 11.6 Å². The van der Waals surface area contributed by atoms with E-state index in [0.29, 0.717) is 12.3 Å². The van der Waals surface area contributed by atoms with Crippen molar-refractivity contribution in [2.45, 2.75) is 45.4 Å². The normalized spacial score (nSPS) is 27.4. The molecule has 1 aromatic heterocycles. The zero-order chi connectivity index (χ0) is 17.3. The zero-order valence-corrected chi connectivity index (χ0v) is 15.3. The highest BCUT2D eigenvalue weighted by molar-refractivity contribution is 5.77. The second kappa shape index (κ2) is 6.81. The number of amides is 1. The van der Waals surface area contributed by atoms with E-state index in [1.54, 1.807) is 0 Å². The fraction of sp³-hybridized carbons (Fsp3) is 0.737. The summed E-state index contributed by atoms with van der Waals surface area (Å²) in [7, 11) is 0. The second-order valence-electron chi connectivity index (χ2n) is 7.83. The lowest BCUT2D eigenvalue weighted by atomic mass is 9.73. The Bertz CT molecular complexity index is 630. The van der Waals surface area contributed by atoms with Gasteiger partial charge in [-0.05, 0) is 39.0 Å². The van der Waals surface area contributed by atoms with Crippen molar-refractivity contribution in [3.8, 4) is 0 Å². The molecule has 0 bridgehead atoms. The van der Waals surface area contributed by atoms with Gasteiger partial charge in [-0.3, -0.25) is 4.79 Å². The van der Waals surface area contributed by atoms with Crippen molar-refractivity contribution in [3.05, 3.63) is 12.4 Å². The lowest BCUT2D eigenvalue weighted by Gasteiger charge is -2.48. The van der Waals surface area contributed by atoms with Gasteiger partial charge in [-0.25, -0.2) is 9.97 Å². The number of piperidine rings is 2. The molecule has 1 amide bonds. The highest BCUT2D eigenvalue weighted by atomic mass is 16.2. The van der Waals surface area contributed by atoms with Gasteiger partial charge in [0, 0.05) is 63.5 Å². The molecule has 1 unspecified atom stereocenters. The Balaban J connectivity index is 1.57. The maximum absolute atomic E-state index is 12.1. The van der Waals surface area contributed by atoms with Gasteiger partial charge in [0.2, 0.25) is 5.91 Å². The third-order valence-electron chi connectivity index (χ3n) is 6.16. The van der Waals surface area contributed by atoms with E-state index in [9.17, 15) is 4.79 Å². The Hall–Kier alpha value is -1.85. The molecule has 25 heavy (non-hydrogen) atoms. The highest BCUT2D eigenvalue weighted by Crippen LogP contribution is 2.41. The van der Waals surface area contributed by atoms with Crippen LogP contribution in [0.25, 0.3) is 0 Å². The Morgan fingerprint density at radius 3 is 2.36 bits per heavy atom. The summed E-state index contributed by atoms with van der Waals surface area (Å²) < 4.78 is 0. The summed E-state index contributed by atoms with van der Waals surface area (Å²) in [5.41, 5.74) is 0.224. The third kappa shape index (κ3) is 3.18. The van der Waals surface area contributed by atoms with Crippen LogP contribution in [-0.4, -0.2) is 60.0 Å². The fourth-order valence-corrected chi connectivity index (χ4v) is 4.81. The van der Waals surface area contributed by atoms with Gasteiger partial charge in [-0.1, -0.05) is 0 Å². The molecule has 1 aromatic rings. The molecule has 4 rings (SSSR count). The summed E-state index contributed by atoms with van der Waals surface area (Å²) in [5.74, 6) is 2.42.